The minimum Gasteiger partial charge on any atom is -0.373 e. The van der Waals surface area contributed by atoms with Gasteiger partial charge in [0.05, 0.1) is 15.7 Å². The zero-order valence-corrected chi connectivity index (χ0v) is 11.8. The van der Waals surface area contributed by atoms with Crippen molar-refractivity contribution in [3.8, 4) is 11.3 Å². The number of rotatable bonds is 2. The van der Waals surface area contributed by atoms with Crippen LogP contribution >= 0.6 is 15.9 Å². The van der Waals surface area contributed by atoms with E-state index in [1.165, 1.54) is 25.2 Å². The second-order valence-electron chi connectivity index (χ2n) is 3.98. The Morgan fingerprint density at radius 3 is 2.50 bits per heavy atom. The number of pyridine rings is 1. The van der Waals surface area contributed by atoms with Gasteiger partial charge in [0.25, 0.3) is 0 Å². The number of alkyl halides is 3. The van der Waals surface area contributed by atoms with Crippen molar-refractivity contribution in [3.63, 3.8) is 0 Å². The molecule has 106 valence electrons. The van der Waals surface area contributed by atoms with Crippen molar-refractivity contribution >= 4 is 21.7 Å². The van der Waals surface area contributed by atoms with Crippen molar-refractivity contribution in [3.05, 3.63) is 46.2 Å². The summed E-state index contributed by atoms with van der Waals surface area (Å²) >= 11 is 3.00. The topological polar surface area (TPSA) is 24.9 Å². The van der Waals surface area contributed by atoms with Gasteiger partial charge in [0.2, 0.25) is 0 Å². The Hall–Kier alpha value is -1.63. The van der Waals surface area contributed by atoms with E-state index >= 15 is 0 Å². The molecule has 0 spiro atoms. The summed E-state index contributed by atoms with van der Waals surface area (Å²) in [5.74, 6) is -0.629. The number of anilines is 1. The van der Waals surface area contributed by atoms with Crippen molar-refractivity contribution in [2.24, 2.45) is 0 Å². The molecule has 0 radical (unpaired) electrons. The van der Waals surface area contributed by atoms with Gasteiger partial charge in [-0.15, -0.1) is 0 Å². The lowest BCUT2D eigenvalue weighted by molar-refractivity contribution is -0.137. The van der Waals surface area contributed by atoms with Crippen LogP contribution < -0.4 is 5.32 Å². The fraction of sp³-hybridized carbons (Fsp3) is 0.154. The second-order valence-corrected chi connectivity index (χ2v) is 4.83. The maximum absolute atomic E-state index is 14.0. The molecule has 1 aromatic heterocycles. The molecular weight excluding hydrogens is 340 g/mol. The third kappa shape index (κ3) is 2.92. The van der Waals surface area contributed by atoms with E-state index in [0.29, 0.717) is 0 Å². The summed E-state index contributed by atoms with van der Waals surface area (Å²) in [7, 11) is 1.45. The SMILES string of the molecule is CNc1cc(C(F)(F)F)cc(-c2cccc(Br)c2F)n1. The summed E-state index contributed by atoms with van der Waals surface area (Å²) < 4.78 is 52.6. The van der Waals surface area contributed by atoms with Gasteiger partial charge < -0.3 is 5.32 Å². The lowest BCUT2D eigenvalue weighted by atomic mass is 10.1. The van der Waals surface area contributed by atoms with E-state index in [-0.39, 0.29) is 21.5 Å². The number of hydrogen-bond donors (Lipinski definition) is 1. The molecular formula is C13H9BrF4N2. The van der Waals surface area contributed by atoms with Gasteiger partial charge in [-0.05, 0) is 40.2 Å². The predicted octanol–water partition coefficient (Wildman–Crippen LogP) is 4.71. The predicted molar refractivity (Wildman–Crippen MR) is 71.9 cm³/mol. The monoisotopic (exact) mass is 348 g/mol. The molecule has 2 aromatic rings. The highest BCUT2D eigenvalue weighted by Gasteiger charge is 2.32. The first-order chi connectivity index (χ1) is 9.32. The normalized spacial score (nSPS) is 11.5. The molecule has 1 N–H and O–H groups in total. The number of benzene rings is 1. The Kier molecular flexibility index (Phi) is 3.99. The molecule has 0 fully saturated rings. The molecule has 0 saturated heterocycles. The van der Waals surface area contributed by atoms with Crippen LogP contribution in [-0.4, -0.2) is 12.0 Å². The summed E-state index contributed by atoms with van der Waals surface area (Å²) in [6.45, 7) is 0. The number of aromatic nitrogens is 1. The Morgan fingerprint density at radius 1 is 1.20 bits per heavy atom. The molecule has 0 saturated carbocycles. The summed E-state index contributed by atoms with van der Waals surface area (Å²) in [5.41, 5.74) is -0.962. The van der Waals surface area contributed by atoms with E-state index in [1.807, 2.05) is 0 Å². The zero-order valence-electron chi connectivity index (χ0n) is 10.2. The van der Waals surface area contributed by atoms with Gasteiger partial charge in [-0.1, -0.05) is 6.07 Å². The number of nitrogens with zero attached hydrogens (tertiary/aromatic N) is 1. The Bertz CT molecular complexity index is 641. The van der Waals surface area contributed by atoms with Crippen LogP contribution in [0.3, 0.4) is 0 Å². The lowest BCUT2D eigenvalue weighted by Crippen LogP contribution is -2.07. The van der Waals surface area contributed by atoms with Crippen LogP contribution in [0, 0.1) is 5.82 Å². The van der Waals surface area contributed by atoms with Crippen LogP contribution in [0.25, 0.3) is 11.3 Å². The highest BCUT2D eigenvalue weighted by atomic mass is 79.9. The smallest absolute Gasteiger partial charge is 0.373 e. The molecule has 1 aromatic carbocycles. The van der Waals surface area contributed by atoms with Crippen molar-refractivity contribution in [1.82, 2.24) is 4.98 Å². The van der Waals surface area contributed by atoms with Crippen LogP contribution in [0.15, 0.2) is 34.8 Å². The van der Waals surface area contributed by atoms with E-state index in [0.717, 1.165) is 12.1 Å². The van der Waals surface area contributed by atoms with Crippen LogP contribution in [0.4, 0.5) is 23.4 Å². The molecule has 20 heavy (non-hydrogen) atoms. The molecule has 2 nitrogen and oxygen atoms in total. The van der Waals surface area contributed by atoms with Gasteiger partial charge in [0.15, 0.2) is 0 Å². The fourth-order valence-electron chi connectivity index (χ4n) is 1.66. The molecule has 0 unspecified atom stereocenters. The third-order valence-corrected chi connectivity index (χ3v) is 3.25. The summed E-state index contributed by atoms with van der Waals surface area (Å²) in [6.07, 6.45) is -4.52. The minimum absolute atomic E-state index is 0.00183. The van der Waals surface area contributed by atoms with Crippen molar-refractivity contribution in [2.45, 2.75) is 6.18 Å². The largest absolute Gasteiger partial charge is 0.416 e. The highest BCUT2D eigenvalue weighted by Crippen LogP contribution is 2.34. The van der Waals surface area contributed by atoms with E-state index in [9.17, 15) is 17.6 Å². The van der Waals surface area contributed by atoms with Crippen molar-refractivity contribution in [1.29, 1.82) is 0 Å². The Morgan fingerprint density at radius 2 is 1.90 bits per heavy atom. The van der Waals surface area contributed by atoms with Gasteiger partial charge in [-0.2, -0.15) is 13.2 Å². The molecule has 2 rings (SSSR count). The lowest BCUT2D eigenvalue weighted by Gasteiger charge is -2.12. The Labute approximate surface area is 121 Å². The van der Waals surface area contributed by atoms with Gasteiger partial charge in [0, 0.05) is 12.6 Å². The molecule has 0 aliphatic rings. The third-order valence-electron chi connectivity index (χ3n) is 2.64. The van der Waals surface area contributed by atoms with E-state index < -0.39 is 17.6 Å². The van der Waals surface area contributed by atoms with Crippen molar-refractivity contribution in [2.75, 3.05) is 12.4 Å². The van der Waals surface area contributed by atoms with Crippen LogP contribution in [0.5, 0.6) is 0 Å². The second kappa shape index (κ2) is 5.40. The molecule has 7 heteroatoms. The quantitative estimate of drug-likeness (QED) is 0.795. The molecule has 0 amide bonds. The number of hydrogen-bond acceptors (Lipinski definition) is 2. The van der Waals surface area contributed by atoms with E-state index in [4.69, 9.17) is 0 Å². The average molecular weight is 349 g/mol. The number of halogens is 5. The summed E-state index contributed by atoms with van der Waals surface area (Å²) in [6, 6.07) is 6.07. The van der Waals surface area contributed by atoms with Gasteiger partial charge in [-0.3, -0.25) is 0 Å². The molecule has 0 bridgehead atoms. The Balaban J connectivity index is 2.65. The maximum atomic E-state index is 14.0. The van der Waals surface area contributed by atoms with E-state index in [2.05, 4.69) is 26.2 Å². The van der Waals surface area contributed by atoms with Crippen LogP contribution in [-0.2, 0) is 6.18 Å². The summed E-state index contributed by atoms with van der Waals surface area (Å²) in [4.78, 5) is 3.97. The van der Waals surface area contributed by atoms with Gasteiger partial charge in [-0.25, -0.2) is 9.37 Å². The van der Waals surface area contributed by atoms with Crippen LogP contribution in [0.2, 0.25) is 0 Å². The molecule has 0 aliphatic carbocycles. The molecule has 0 atom stereocenters. The van der Waals surface area contributed by atoms with Gasteiger partial charge in [0.1, 0.15) is 11.6 Å². The van der Waals surface area contributed by atoms with Crippen LogP contribution in [0.1, 0.15) is 5.56 Å². The van der Waals surface area contributed by atoms with Gasteiger partial charge >= 0.3 is 6.18 Å². The fourth-order valence-corrected chi connectivity index (χ4v) is 2.03. The standard InChI is InChI=1S/C13H9BrF4N2/c1-19-11-6-7(13(16,17)18)5-10(20-11)8-3-2-4-9(14)12(8)15/h2-6H,1H3,(H,19,20). The maximum Gasteiger partial charge on any atom is 0.416 e. The van der Waals surface area contributed by atoms with Crippen molar-refractivity contribution < 1.29 is 17.6 Å². The molecule has 0 aliphatic heterocycles. The zero-order chi connectivity index (χ0) is 14.9. The first-order valence-corrected chi connectivity index (χ1v) is 6.33. The minimum atomic E-state index is -4.52. The summed E-state index contributed by atoms with van der Waals surface area (Å²) in [5, 5.41) is 2.54. The first-order valence-electron chi connectivity index (χ1n) is 5.54. The first kappa shape index (κ1) is 14.8. The average Bonchev–Trinajstić information content (AvgIpc) is 2.40. The molecule has 1 heterocycles. The number of nitrogens with one attached hydrogen (secondary N) is 1. The highest BCUT2D eigenvalue weighted by molar-refractivity contribution is 9.10. The van der Waals surface area contributed by atoms with E-state index in [1.54, 1.807) is 0 Å².